The van der Waals surface area contributed by atoms with Crippen molar-refractivity contribution < 1.29 is 4.79 Å². The van der Waals surface area contributed by atoms with Crippen molar-refractivity contribution in [1.29, 1.82) is 0 Å². The van der Waals surface area contributed by atoms with Crippen LogP contribution < -0.4 is 5.32 Å². The molecular formula is C12H20N4O. The fraction of sp³-hybridized carbons (Fsp3) is 0.667. The molecule has 5 heteroatoms. The Bertz CT molecular complexity index is 388. The van der Waals surface area contributed by atoms with E-state index >= 15 is 0 Å². The predicted octanol–water partition coefficient (Wildman–Crippen LogP) is 0.402. The van der Waals surface area contributed by atoms with Gasteiger partial charge in [0.1, 0.15) is 5.82 Å². The molecule has 1 aliphatic heterocycles. The summed E-state index contributed by atoms with van der Waals surface area (Å²) in [4.78, 5) is 18.2. The molecule has 0 bridgehead atoms. The zero-order valence-electron chi connectivity index (χ0n) is 10.5. The molecule has 1 amide bonds. The van der Waals surface area contributed by atoms with E-state index in [0.717, 1.165) is 38.4 Å². The van der Waals surface area contributed by atoms with Crippen LogP contribution in [-0.4, -0.2) is 46.0 Å². The fourth-order valence-electron chi connectivity index (χ4n) is 2.15. The third kappa shape index (κ3) is 2.85. The van der Waals surface area contributed by atoms with Gasteiger partial charge in [0.25, 0.3) is 0 Å². The van der Waals surface area contributed by atoms with Crippen LogP contribution in [0.3, 0.4) is 0 Å². The van der Waals surface area contributed by atoms with E-state index in [1.807, 2.05) is 24.9 Å². The molecule has 0 spiro atoms. The molecule has 0 aliphatic carbocycles. The van der Waals surface area contributed by atoms with Gasteiger partial charge in [-0.25, -0.2) is 4.98 Å². The first-order valence-corrected chi connectivity index (χ1v) is 6.18. The summed E-state index contributed by atoms with van der Waals surface area (Å²) in [5, 5.41) is 3.22. The number of carbonyl (C=O) groups is 1. The number of hydrogen-bond donors (Lipinski definition) is 1. The number of nitrogens with zero attached hydrogens (tertiary/aromatic N) is 3. The first-order chi connectivity index (χ1) is 8.18. The van der Waals surface area contributed by atoms with Gasteiger partial charge in [0, 0.05) is 32.0 Å². The Morgan fingerprint density at radius 1 is 1.53 bits per heavy atom. The average molecular weight is 236 g/mol. The predicted molar refractivity (Wildman–Crippen MR) is 65.6 cm³/mol. The molecule has 1 saturated heterocycles. The highest BCUT2D eigenvalue weighted by molar-refractivity contribution is 5.81. The normalized spacial score (nSPS) is 21.6. The highest BCUT2D eigenvalue weighted by Gasteiger charge is 2.22. The van der Waals surface area contributed by atoms with Crippen LogP contribution in [0.15, 0.2) is 12.4 Å². The standard InChI is InChI=1S/C12H20N4O/c1-10-12(17)16(6-3-4-13-10)9-8-15-7-5-14-11(15)2/h5,7,10,13H,3-4,6,8-9H2,1-2H3. The molecule has 0 radical (unpaired) electrons. The SMILES string of the molecule is Cc1nccn1CCN1CCCNC(C)C1=O. The lowest BCUT2D eigenvalue weighted by Crippen LogP contribution is -2.42. The van der Waals surface area contributed by atoms with E-state index in [1.54, 1.807) is 6.20 Å². The third-order valence-electron chi connectivity index (χ3n) is 3.27. The minimum absolute atomic E-state index is 0.0543. The summed E-state index contributed by atoms with van der Waals surface area (Å²) in [7, 11) is 0. The van der Waals surface area contributed by atoms with Gasteiger partial charge < -0.3 is 14.8 Å². The van der Waals surface area contributed by atoms with Crippen molar-refractivity contribution in [2.24, 2.45) is 0 Å². The lowest BCUT2D eigenvalue weighted by molar-refractivity contribution is -0.132. The molecule has 1 aromatic rings. The van der Waals surface area contributed by atoms with Gasteiger partial charge in [-0.15, -0.1) is 0 Å². The second-order valence-electron chi connectivity index (χ2n) is 4.52. The van der Waals surface area contributed by atoms with E-state index in [9.17, 15) is 4.79 Å². The van der Waals surface area contributed by atoms with Crippen LogP contribution in [0.4, 0.5) is 0 Å². The Labute approximate surface area is 102 Å². The second-order valence-corrected chi connectivity index (χ2v) is 4.52. The van der Waals surface area contributed by atoms with Crippen molar-refractivity contribution in [3.63, 3.8) is 0 Å². The van der Waals surface area contributed by atoms with Crippen molar-refractivity contribution in [2.45, 2.75) is 32.9 Å². The summed E-state index contributed by atoms with van der Waals surface area (Å²) in [5.41, 5.74) is 0. The van der Waals surface area contributed by atoms with Gasteiger partial charge in [0.2, 0.25) is 5.91 Å². The lowest BCUT2D eigenvalue weighted by Gasteiger charge is -2.23. The topological polar surface area (TPSA) is 50.2 Å². The molecule has 5 nitrogen and oxygen atoms in total. The summed E-state index contributed by atoms with van der Waals surface area (Å²) >= 11 is 0. The summed E-state index contributed by atoms with van der Waals surface area (Å²) < 4.78 is 2.08. The maximum atomic E-state index is 12.0. The molecule has 1 unspecified atom stereocenters. The molecule has 1 aromatic heterocycles. The second kappa shape index (κ2) is 5.31. The molecule has 0 saturated carbocycles. The van der Waals surface area contributed by atoms with Crippen LogP contribution in [0.1, 0.15) is 19.2 Å². The quantitative estimate of drug-likeness (QED) is 0.826. The smallest absolute Gasteiger partial charge is 0.239 e. The van der Waals surface area contributed by atoms with Crippen molar-refractivity contribution in [3.8, 4) is 0 Å². The average Bonchev–Trinajstić information content (AvgIpc) is 2.65. The highest BCUT2D eigenvalue weighted by atomic mass is 16.2. The van der Waals surface area contributed by atoms with Crippen molar-refractivity contribution in [2.75, 3.05) is 19.6 Å². The van der Waals surface area contributed by atoms with E-state index in [0.29, 0.717) is 0 Å². The zero-order valence-corrected chi connectivity index (χ0v) is 10.5. The molecule has 0 aromatic carbocycles. The number of aryl methyl sites for hydroxylation is 1. The number of nitrogens with one attached hydrogen (secondary N) is 1. The van der Waals surface area contributed by atoms with Crippen LogP contribution in [0.2, 0.25) is 0 Å². The van der Waals surface area contributed by atoms with Crippen LogP contribution >= 0.6 is 0 Å². The summed E-state index contributed by atoms with van der Waals surface area (Å²) in [6, 6.07) is -0.0543. The van der Waals surface area contributed by atoms with Crippen LogP contribution in [0.25, 0.3) is 0 Å². The van der Waals surface area contributed by atoms with E-state index in [1.165, 1.54) is 0 Å². The van der Waals surface area contributed by atoms with Crippen LogP contribution in [0, 0.1) is 6.92 Å². The number of imidazole rings is 1. The number of carbonyl (C=O) groups excluding carboxylic acids is 1. The maximum Gasteiger partial charge on any atom is 0.239 e. The maximum absolute atomic E-state index is 12.0. The minimum Gasteiger partial charge on any atom is -0.340 e. The largest absolute Gasteiger partial charge is 0.340 e. The van der Waals surface area contributed by atoms with Crippen molar-refractivity contribution in [3.05, 3.63) is 18.2 Å². The van der Waals surface area contributed by atoms with Gasteiger partial charge in [-0.2, -0.15) is 0 Å². The molecular weight excluding hydrogens is 216 g/mol. The van der Waals surface area contributed by atoms with E-state index in [-0.39, 0.29) is 11.9 Å². The molecule has 1 aliphatic rings. The Kier molecular flexibility index (Phi) is 3.78. The summed E-state index contributed by atoms with van der Waals surface area (Å²) in [6.45, 7) is 7.28. The van der Waals surface area contributed by atoms with Gasteiger partial charge >= 0.3 is 0 Å². The van der Waals surface area contributed by atoms with Crippen molar-refractivity contribution >= 4 is 5.91 Å². The number of rotatable bonds is 3. The fourth-order valence-corrected chi connectivity index (χ4v) is 2.15. The molecule has 2 rings (SSSR count). The monoisotopic (exact) mass is 236 g/mol. The Hall–Kier alpha value is -1.36. The number of amides is 1. The lowest BCUT2D eigenvalue weighted by atomic mass is 10.3. The van der Waals surface area contributed by atoms with Gasteiger partial charge in [-0.1, -0.05) is 0 Å². The van der Waals surface area contributed by atoms with Crippen LogP contribution in [0.5, 0.6) is 0 Å². The summed E-state index contributed by atoms with van der Waals surface area (Å²) in [5.74, 6) is 1.21. The highest BCUT2D eigenvalue weighted by Crippen LogP contribution is 2.04. The molecule has 1 atom stereocenters. The van der Waals surface area contributed by atoms with Gasteiger partial charge in [0.05, 0.1) is 6.04 Å². The Morgan fingerprint density at radius 3 is 3.06 bits per heavy atom. The van der Waals surface area contributed by atoms with Gasteiger partial charge in [-0.05, 0) is 26.8 Å². The third-order valence-corrected chi connectivity index (χ3v) is 3.27. The van der Waals surface area contributed by atoms with E-state index in [2.05, 4.69) is 14.9 Å². The van der Waals surface area contributed by atoms with E-state index < -0.39 is 0 Å². The zero-order chi connectivity index (χ0) is 12.3. The summed E-state index contributed by atoms with van der Waals surface area (Å²) in [6.07, 6.45) is 4.78. The first-order valence-electron chi connectivity index (χ1n) is 6.18. The molecule has 17 heavy (non-hydrogen) atoms. The van der Waals surface area contributed by atoms with Crippen LogP contribution in [-0.2, 0) is 11.3 Å². The molecule has 1 N–H and O–H groups in total. The Morgan fingerprint density at radius 2 is 2.35 bits per heavy atom. The van der Waals surface area contributed by atoms with Gasteiger partial charge in [0.15, 0.2) is 0 Å². The van der Waals surface area contributed by atoms with E-state index in [4.69, 9.17) is 0 Å². The first kappa shape index (κ1) is 12.1. The number of aromatic nitrogens is 2. The van der Waals surface area contributed by atoms with Crippen molar-refractivity contribution in [1.82, 2.24) is 19.8 Å². The molecule has 94 valence electrons. The minimum atomic E-state index is -0.0543. The molecule has 1 fully saturated rings. The number of hydrogen-bond acceptors (Lipinski definition) is 3. The molecule has 2 heterocycles. The van der Waals surface area contributed by atoms with Gasteiger partial charge in [-0.3, -0.25) is 4.79 Å². The Balaban J connectivity index is 1.93.